The number of carbonyl (C=O) groups is 1. The zero-order valence-corrected chi connectivity index (χ0v) is 20.8. The number of hydrogen-bond donors (Lipinski definition) is 1. The van der Waals surface area contributed by atoms with Gasteiger partial charge < -0.3 is 15.1 Å². The van der Waals surface area contributed by atoms with Crippen LogP contribution in [0.3, 0.4) is 0 Å². The van der Waals surface area contributed by atoms with Gasteiger partial charge in [-0.2, -0.15) is 0 Å². The molecule has 6 rings (SSSR count). The Morgan fingerprint density at radius 2 is 1.68 bits per heavy atom. The van der Waals surface area contributed by atoms with Gasteiger partial charge in [0.05, 0.1) is 16.2 Å². The first-order valence-electron chi connectivity index (χ1n) is 13.0. The van der Waals surface area contributed by atoms with E-state index in [1.54, 1.807) is 23.2 Å². The van der Waals surface area contributed by atoms with Crippen LogP contribution in [0.4, 0.5) is 31.8 Å². The summed E-state index contributed by atoms with van der Waals surface area (Å²) < 4.78 is 27.6. The second-order valence-electron chi connectivity index (χ2n) is 10.6. The quantitative estimate of drug-likeness (QED) is 0.353. The maximum atomic E-state index is 13.8. The number of aromatic nitrogens is 2. The number of nitrogens with one attached hydrogen (secondary N) is 1. The van der Waals surface area contributed by atoms with E-state index < -0.39 is 16.8 Å². The second kappa shape index (κ2) is 9.14. The molecular weight excluding hydrogens is 494 g/mol. The third kappa shape index (κ3) is 4.72. The van der Waals surface area contributed by atoms with Crippen molar-refractivity contribution < 1.29 is 18.5 Å². The minimum atomic E-state index is -2.70. The van der Waals surface area contributed by atoms with Crippen LogP contribution in [-0.2, 0) is 0 Å². The molecule has 2 aromatic heterocycles. The summed E-state index contributed by atoms with van der Waals surface area (Å²) >= 11 is 0. The predicted molar refractivity (Wildman–Crippen MR) is 140 cm³/mol. The lowest BCUT2D eigenvalue weighted by atomic mass is 9.93. The van der Waals surface area contributed by atoms with Crippen molar-refractivity contribution in [2.45, 2.75) is 44.4 Å². The van der Waals surface area contributed by atoms with Gasteiger partial charge in [-0.15, -0.1) is 0 Å². The first kappa shape index (κ1) is 24.4. The highest BCUT2D eigenvalue weighted by molar-refractivity contribution is 6.09. The summed E-state index contributed by atoms with van der Waals surface area (Å²) in [7, 11) is 0. The summed E-state index contributed by atoms with van der Waals surface area (Å²) in [5.74, 6) is -2.43. The van der Waals surface area contributed by atoms with Gasteiger partial charge in [0.15, 0.2) is 5.82 Å². The van der Waals surface area contributed by atoms with Crippen LogP contribution in [0.25, 0.3) is 10.9 Å². The summed E-state index contributed by atoms with van der Waals surface area (Å²) in [4.78, 5) is 37.4. The van der Waals surface area contributed by atoms with Crippen LogP contribution in [0.1, 0.15) is 48.9 Å². The molecular formula is C27H28F2N6O3. The molecule has 0 atom stereocenters. The van der Waals surface area contributed by atoms with Crippen molar-refractivity contribution in [3.63, 3.8) is 0 Å². The summed E-state index contributed by atoms with van der Waals surface area (Å²) in [5, 5.41) is 15.1. The van der Waals surface area contributed by atoms with E-state index in [0.717, 1.165) is 31.3 Å². The molecule has 9 nitrogen and oxygen atoms in total. The van der Waals surface area contributed by atoms with E-state index in [1.165, 1.54) is 31.0 Å². The van der Waals surface area contributed by atoms with Gasteiger partial charge in [-0.05, 0) is 49.3 Å². The summed E-state index contributed by atoms with van der Waals surface area (Å²) in [6, 6.07) is 9.59. The molecule has 4 heterocycles. The molecule has 3 aliphatic rings. The molecule has 38 heavy (non-hydrogen) atoms. The number of carbonyl (C=O) groups excluding carboxylic acids is 1. The van der Waals surface area contributed by atoms with Gasteiger partial charge >= 0.3 is 0 Å². The summed E-state index contributed by atoms with van der Waals surface area (Å²) in [6.45, 7) is 1.74. The van der Waals surface area contributed by atoms with Gasteiger partial charge in [0.2, 0.25) is 0 Å². The normalized spacial score (nSPS) is 19.9. The minimum absolute atomic E-state index is 0.0673. The van der Waals surface area contributed by atoms with E-state index >= 15 is 0 Å². The van der Waals surface area contributed by atoms with Crippen molar-refractivity contribution in [1.29, 1.82) is 0 Å². The van der Waals surface area contributed by atoms with E-state index in [2.05, 4.69) is 20.2 Å². The minimum Gasteiger partial charge on any atom is -0.371 e. The number of nitro benzene ring substituents is 1. The number of hydrogen-bond acceptors (Lipinski definition) is 7. The molecule has 1 aromatic carbocycles. The first-order valence-corrected chi connectivity index (χ1v) is 13.0. The lowest BCUT2D eigenvalue weighted by Gasteiger charge is -2.34. The maximum Gasteiger partial charge on any atom is 0.271 e. The number of alkyl halides is 2. The summed E-state index contributed by atoms with van der Waals surface area (Å²) in [5.41, 5.74) is 1.79. The van der Waals surface area contributed by atoms with Crippen LogP contribution < -0.4 is 15.1 Å². The number of benzene rings is 1. The van der Waals surface area contributed by atoms with Crippen LogP contribution in [0.15, 0.2) is 42.6 Å². The van der Waals surface area contributed by atoms with Gasteiger partial charge in [0.25, 0.3) is 17.5 Å². The topological polar surface area (TPSA) is 104 Å². The van der Waals surface area contributed by atoms with E-state index in [9.17, 15) is 23.7 Å². The van der Waals surface area contributed by atoms with Crippen LogP contribution >= 0.6 is 0 Å². The number of amides is 1. The molecule has 1 spiro atoms. The highest BCUT2D eigenvalue weighted by Gasteiger charge is 2.44. The third-order valence-electron chi connectivity index (χ3n) is 8.16. The Bertz CT molecular complexity index is 1410. The second-order valence-corrected chi connectivity index (χ2v) is 10.6. The standard InChI is InChI=1S/C27H28F2N6O3/c28-27(29)9-14-34(15-10-27)24-23-18(2-1-11-30-23)16-22(31-24)32-25(36)20-4-3-19(35(37)38)17-21(20)33-12-7-26(5-6-26)8-13-33/h1-4,11,16-17H,5-10,12-15H2,(H,31,32,36). The Hall–Kier alpha value is -3.89. The van der Waals surface area contributed by atoms with Crippen molar-refractivity contribution in [3.8, 4) is 0 Å². The summed E-state index contributed by atoms with van der Waals surface area (Å²) in [6.07, 6.45) is 5.54. The Kier molecular flexibility index (Phi) is 5.88. The zero-order chi connectivity index (χ0) is 26.5. The number of nitrogens with zero attached hydrogens (tertiary/aromatic N) is 5. The lowest BCUT2D eigenvalue weighted by molar-refractivity contribution is -0.384. The van der Waals surface area contributed by atoms with E-state index in [-0.39, 0.29) is 37.4 Å². The number of non-ortho nitro benzene ring substituents is 1. The van der Waals surface area contributed by atoms with E-state index in [0.29, 0.717) is 28.0 Å². The molecule has 0 bridgehead atoms. The number of nitro groups is 1. The largest absolute Gasteiger partial charge is 0.371 e. The number of halogens is 2. The molecule has 11 heteroatoms. The van der Waals surface area contributed by atoms with Crippen molar-refractivity contribution in [2.75, 3.05) is 41.3 Å². The van der Waals surface area contributed by atoms with Crippen molar-refractivity contribution in [3.05, 3.63) is 58.3 Å². The first-order chi connectivity index (χ1) is 18.2. The zero-order valence-electron chi connectivity index (χ0n) is 20.8. The van der Waals surface area contributed by atoms with Crippen LogP contribution in [0, 0.1) is 15.5 Å². The highest BCUT2D eigenvalue weighted by Crippen LogP contribution is 2.54. The van der Waals surface area contributed by atoms with Crippen LogP contribution in [0.5, 0.6) is 0 Å². The molecule has 1 amide bonds. The number of rotatable bonds is 5. The Labute approximate surface area is 218 Å². The van der Waals surface area contributed by atoms with Gasteiger partial charge in [-0.25, -0.2) is 13.8 Å². The van der Waals surface area contributed by atoms with Gasteiger partial charge in [0, 0.05) is 62.7 Å². The maximum absolute atomic E-state index is 13.8. The average molecular weight is 523 g/mol. The SMILES string of the molecule is O=C(Nc1cc2cccnc2c(N2CCC(F)(F)CC2)n1)c1ccc([N+](=O)[O-])cc1N1CCC2(CC1)CC2. The number of anilines is 3. The van der Waals surface area contributed by atoms with Gasteiger partial charge in [0.1, 0.15) is 11.3 Å². The fourth-order valence-electron chi connectivity index (χ4n) is 5.57. The van der Waals surface area contributed by atoms with E-state index in [4.69, 9.17) is 0 Å². The van der Waals surface area contributed by atoms with Gasteiger partial charge in [-0.1, -0.05) is 6.07 Å². The monoisotopic (exact) mass is 522 g/mol. The highest BCUT2D eigenvalue weighted by atomic mass is 19.3. The Morgan fingerprint density at radius 3 is 2.37 bits per heavy atom. The molecule has 1 N–H and O–H groups in total. The fraction of sp³-hybridized carbons (Fsp3) is 0.444. The molecule has 1 aliphatic carbocycles. The molecule has 1 saturated carbocycles. The van der Waals surface area contributed by atoms with Crippen LogP contribution in [-0.4, -0.2) is 52.9 Å². The molecule has 0 radical (unpaired) electrons. The van der Waals surface area contributed by atoms with Crippen molar-refractivity contribution in [2.24, 2.45) is 5.41 Å². The Morgan fingerprint density at radius 1 is 0.974 bits per heavy atom. The smallest absolute Gasteiger partial charge is 0.271 e. The van der Waals surface area contributed by atoms with Crippen molar-refractivity contribution >= 4 is 39.8 Å². The number of pyridine rings is 2. The molecule has 0 unspecified atom stereocenters. The Balaban J connectivity index is 1.31. The molecule has 3 fully saturated rings. The third-order valence-corrected chi connectivity index (χ3v) is 8.16. The molecule has 2 saturated heterocycles. The predicted octanol–water partition coefficient (Wildman–Crippen LogP) is 5.41. The van der Waals surface area contributed by atoms with Crippen molar-refractivity contribution in [1.82, 2.24) is 9.97 Å². The number of fused-ring (bicyclic) bond motifs is 1. The van der Waals surface area contributed by atoms with Crippen LogP contribution in [0.2, 0.25) is 0 Å². The molecule has 3 aromatic rings. The van der Waals surface area contributed by atoms with E-state index in [1.807, 2.05) is 6.07 Å². The fourth-order valence-corrected chi connectivity index (χ4v) is 5.57. The lowest BCUT2D eigenvalue weighted by Crippen LogP contribution is -2.40. The molecule has 198 valence electrons. The van der Waals surface area contributed by atoms with Gasteiger partial charge in [-0.3, -0.25) is 19.9 Å². The average Bonchev–Trinajstić information content (AvgIpc) is 3.67. The number of piperidine rings is 2. The molecule has 2 aliphatic heterocycles.